The quantitative estimate of drug-likeness (QED) is 0.0616. The van der Waals surface area contributed by atoms with E-state index in [0.717, 1.165) is 64.1 Å². The van der Waals surface area contributed by atoms with Crippen LogP contribution in [0.1, 0.15) is 12.8 Å². The molecule has 0 aliphatic rings. The molecule has 394 valence electrons. The molecule has 0 aromatic heterocycles. The van der Waals surface area contributed by atoms with Crippen molar-refractivity contribution in [2.45, 2.75) is 62.0 Å². The number of hydrogen-bond donors (Lipinski definition) is 4. The summed E-state index contributed by atoms with van der Waals surface area (Å²) in [4.78, 5) is 0. The van der Waals surface area contributed by atoms with E-state index < -0.39 is 76.2 Å². The van der Waals surface area contributed by atoms with Gasteiger partial charge in [-0.1, -0.05) is 170 Å². The van der Waals surface area contributed by atoms with Gasteiger partial charge in [0.25, 0.3) is 0 Å². The van der Waals surface area contributed by atoms with Crippen LogP contribution in [0, 0.1) is 98.8 Å². The molecule has 4 N–H and O–H groups in total. The van der Waals surface area contributed by atoms with Crippen molar-refractivity contribution < 1.29 is 181 Å². The Morgan fingerprint density at radius 2 is 0.500 bits per heavy atom. The summed E-state index contributed by atoms with van der Waals surface area (Å²) in [6.07, 6.45) is -36.8. The molecule has 0 saturated heterocycles. The van der Waals surface area contributed by atoms with Gasteiger partial charge in [-0.25, -0.2) is 0 Å². The number of halogens is 12. The normalized spacial score (nSPS) is 14.0. The predicted octanol–water partition coefficient (Wildman–Crippen LogP) is 10.9. The zero-order chi connectivity index (χ0) is 52.9. The molecule has 6 nitrogen and oxygen atoms in total. The van der Waals surface area contributed by atoms with E-state index in [0.29, 0.717) is 0 Å². The minimum atomic E-state index is -5.15. The van der Waals surface area contributed by atoms with Gasteiger partial charge < -0.3 is 29.6 Å². The van der Waals surface area contributed by atoms with Gasteiger partial charge >= 0.3 is 24.7 Å². The van der Waals surface area contributed by atoms with Crippen molar-refractivity contribution in [1.29, 1.82) is 0 Å². The number of rotatable bonds is 10. The summed E-state index contributed by atoms with van der Waals surface area (Å²) in [6.45, 7) is 0. The Balaban J connectivity index is 0.000000352. The van der Waals surface area contributed by atoms with Crippen molar-refractivity contribution >= 4 is 78.4 Å². The van der Waals surface area contributed by atoms with E-state index in [1.54, 1.807) is 0 Å². The summed E-state index contributed by atoms with van der Waals surface area (Å²) >= 11 is 0. The fraction of sp³-hybridized carbons (Fsp3) is 0.192. The minimum absolute atomic E-state index is 0. The van der Waals surface area contributed by atoms with E-state index in [-0.39, 0.29) is 98.8 Å². The first kappa shape index (κ1) is 63.7. The van der Waals surface area contributed by atoms with Crippen LogP contribution in [0.2, 0.25) is 0 Å². The van der Waals surface area contributed by atoms with Crippen LogP contribution in [0.15, 0.2) is 182 Å². The predicted molar refractivity (Wildman–Crippen MR) is 255 cm³/mol. The maximum atomic E-state index is 15.3. The fourth-order valence-electron chi connectivity index (χ4n) is 7.73. The summed E-state index contributed by atoms with van der Waals surface area (Å²) < 4.78 is 168. The topological polar surface area (TPSA) is 115 Å². The Hall–Kier alpha value is -2.83. The Morgan fingerprint density at radius 3 is 0.716 bits per heavy atom. The summed E-state index contributed by atoms with van der Waals surface area (Å²) in [5, 5.41) is 43.8. The van der Waals surface area contributed by atoms with E-state index in [9.17, 15) is 52.7 Å². The molecule has 8 aromatic rings. The molecule has 8 aromatic carbocycles. The first-order valence-corrected chi connectivity index (χ1v) is 24.9. The number of aliphatic hydroxyl groups excluding tert-OH is 4. The van der Waals surface area contributed by atoms with E-state index in [4.69, 9.17) is 20.4 Å². The smallest absolute Gasteiger partial charge is 0.384 e. The molecule has 0 saturated carbocycles. The molecule has 2 radical (unpaired) electrons. The van der Waals surface area contributed by atoms with Crippen molar-refractivity contribution in [2.24, 2.45) is 0 Å². The average Bonchev–Trinajstić information content (AvgIpc) is 3.36. The standard InChI is InChI=1S/C42H30O2P2.2C5H6F6O2.2Eu/c43-45(31-15-5-1-6-16-31,32-17-7-2-8-18-32)35-25-27-39-40-28-26-36(30-42(40)38-24-14-13-23-37(38)41(39)29-35)46(44,33-19-9-3-10-20-33)34-21-11-4-12-22-34;2*6-4(7,8)2(12)1-3(13)5(9,10)11;;/h1-30H;2*2-3,12-13H,1H2;;. The SMILES string of the molecule is O=P(c1ccccc1)(c1ccccc1)c1ccc2c3ccc(P(=O)(c4ccccc4)c4ccccc4)cc3c3ccccc3c2c1.OC(CC(O)C(F)(F)F)C(F)(F)F.OC(CC(O)C(F)(F)F)C(F)(F)F.[Eu].[Eu]. The molecular weight excluding hydrogens is 1310 g/mol. The van der Waals surface area contributed by atoms with E-state index in [2.05, 4.69) is 48.5 Å². The second-order valence-corrected chi connectivity index (χ2v) is 21.8. The van der Waals surface area contributed by atoms with Crippen LogP contribution in [-0.2, 0) is 9.13 Å². The summed E-state index contributed by atoms with van der Waals surface area (Å²) in [5.41, 5.74) is 0. The molecule has 0 fully saturated rings. The van der Waals surface area contributed by atoms with Crippen LogP contribution in [0.3, 0.4) is 0 Å². The van der Waals surface area contributed by atoms with E-state index in [1.807, 2.05) is 133 Å². The molecule has 0 aliphatic heterocycles. The summed E-state index contributed by atoms with van der Waals surface area (Å²) in [5.74, 6) is 0. The largest absolute Gasteiger partial charge is 0.414 e. The Kier molecular flexibility index (Phi) is 22.6. The molecule has 0 heterocycles. The third kappa shape index (κ3) is 15.0. The maximum absolute atomic E-state index is 15.3. The van der Waals surface area contributed by atoms with Gasteiger partial charge in [-0.15, -0.1) is 0 Å². The van der Waals surface area contributed by atoms with Crippen LogP contribution in [0.5, 0.6) is 0 Å². The van der Waals surface area contributed by atoms with Gasteiger partial charge in [0, 0.05) is 143 Å². The van der Waals surface area contributed by atoms with Crippen LogP contribution in [0.25, 0.3) is 32.3 Å². The van der Waals surface area contributed by atoms with Gasteiger partial charge in [0.15, 0.2) is 38.7 Å². The van der Waals surface area contributed by atoms with Gasteiger partial charge in [0.2, 0.25) is 0 Å². The fourth-order valence-corrected chi connectivity index (χ4v) is 13.1. The summed E-state index contributed by atoms with van der Waals surface area (Å²) in [7, 11) is -6.31. The Labute approximate surface area is 497 Å². The van der Waals surface area contributed by atoms with E-state index in [1.165, 1.54) is 0 Å². The molecule has 0 bridgehead atoms. The first-order valence-electron chi connectivity index (χ1n) is 21.5. The maximum Gasteiger partial charge on any atom is 0.414 e. The molecule has 8 rings (SSSR count). The molecular formula is C52H42Eu2F12O6P2. The molecule has 4 unspecified atom stereocenters. The number of fused-ring (bicyclic) bond motifs is 6. The zero-order valence-electron chi connectivity index (χ0n) is 37.8. The first-order chi connectivity index (χ1) is 33.7. The van der Waals surface area contributed by atoms with E-state index >= 15 is 9.13 Å². The van der Waals surface area contributed by atoms with Crippen molar-refractivity contribution in [1.82, 2.24) is 0 Å². The number of hydrogen-bond acceptors (Lipinski definition) is 6. The second-order valence-electron chi connectivity index (χ2n) is 16.3. The summed E-state index contributed by atoms with van der Waals surface area (Å²) in [6, 6.07) is 60.2. The van der Waals surface area contributed by atoms with Gasteiger partial charge in [-0.2, -0.15) is 52.7 Å². The third-order valence-electron chi connectivity index (χ3n) is 11.4. The van der Waals surface area contributed by atoms with Gasteiger partial charge in [0.05, 0.1) is 0 Å². The number of alkyl halides is 12. The molecule has 74 heavy (non-hydrogen) atoms. The van der Waals surface area contributed by atoms with Crippen molar-refractivity contribution in [3.05, 3.63) is 182 Å². The molecule has 4 atom stereocenters. The molecule has 0 spiro atoms. The van der Waals surface area contributed by atoms with Crippen molar-refractivity contribution in [2.75, 3.05) is 0 Å². The van der Waals surface area contributed by atoms with Crippen molar-refractivity contribution in [3.63, 3.8) is 0 Å². The van der Waals surface area contributed by atoms with Crippen LogP contribution in [-0.4, -0.2) is 69.5 Å². The second kappa shape index (κ2) is 26.2. The minimum Gasteiger partial charge on any atom is -0.384 e. The number of benzene rings is 8. The van der Waals surface area contributed by atoms with Crippen LogP contribution >= 0.6 is 14.3 Å². The van der Waals surface area contributed by atoms with Gasteiger partial charge in [-0.05, 0) is 44.5 Å². The molecule has 0 aliphatic carbocycles. The Bertz CT molecular complexity index is 2830. The zero-order valence-corrected chi connectivity index (χ0v) is 44.5. The molecule has 22 heteroatoms. The third-order valence-corrected chi connectivity index (χ3v) is 17.5. The molecule has 0 amide bonds. The van der Waals surface area contributed by atoms with Crippen LogP contribution < -0.4 is 31.8 Å². The monoisotopic (exact) mass is 1360 g/mol. The Morgan fingerprint density at radius 1 is 0.297 bits per heavy atom. The van der Waals surface area contributed by atoms with Gasteiger partial charge in [0.1, 0.15) is 0 Å². The number of aliphatic hydroxyl groups is 4. The average molecular weight is 1360 g/mol. The van der Waals surface area contributed by atoms with Gasteiger partial charge in [-0.3, -0.25) is 0 Å². The van der Waals surface area contributed by atoms with Crippen LogP contribution in [0.4, 0.5) is 52.7 Å². The van der Waals surface area contributed by atoms with Crippen molar-refractivity contribution in [3.8, 4) is 0 Å².